The maximum atomic E-state index is 13.6. The molecule has 32 heavy (non-hydrogen) atoms. The standard InChI is InChI=1S/C26H35BN2O3/c1-17(19-5-3-6-20(9-8-19)21-7-2-4-18(14-21)16-28)26(30)25-24-11-10-23(27(31)32)15-22(24)12-13-29-25/h2,4,7,10-11,14-15,17,19-20,25,29,31-32H,3,5-6,8-9,12-13,16,28H2,1H3. The normalized spacial score (nSPS) is 24.3. The lowest BCUT2D eigenvalue weighted by Crippen LogP contribution is -2.40. The molecular weight excluding hydrogens is 399 g/mol. The van der Waals surface area contributed by atoms with Crippen molar-refractivity contribution in [1.29, 1.82) is 0 Å². The van der Waals surface area contributed by atoms with Crippen molar-refractivity contribution in [1.82, 2.24) is 5.32 Å². The van der Waals surface area contributed by atoms with E-state index in [0.717, 1.165) is 49.8 Å². The van der Waals surface area contributed by atoms with Gasteiger partial charge in [0.25, 0.3) is 0 Å². The van der Waals surface area contributed by atoms with Crippen LogP contribution >= 0.6 is 0 Å². The molecule has 2 aromatic carbocycles. The van der Waals surface area contributed by atoms with Gasteiger partial charge in [-0.05, 0) is 71.7 Å². The van der Waals surface area contributed by atoms with Crippen molar-refractivity contribution < 1.29 is 14.8 Å². The molecule has 1 heterocycles. The minimum absolute atomic E-state index is 0.00400. The Morgan fingerprint density at radius 3 is 2.78 bits per heavy atom. The maximum Gasteiger partial charge on any atom is 0.488 e. The van der Waals surface area contributed by atoms with E-state index in [9.17, 15) is 14.8 Å². The van der Waals surface area contributed by atoms with E-state index in [1.165, 1.54) is 17.5 Å². The third kappa shape index (κ3) is 4.99. The number of carbonyl (C=O) groups excluding carboxylic acids is 1. The van der Waals surface area contributed by atoms with Crippen molar-refractivity contribution in [3.63, 3.8) is 0 Å². The fourth-order valence-electron chi connectivity index (χ4n) is 5.63. The first-order chi connectivity index (χ1) is 15.5. The van der Waals surface area contributed by atoms with Crippen LogP contribution in [0.25, 0.3) is 0 Å². The molecule has 170 valence electrons. The predicted molar refractivity (Wildman–Crippen MR) is 129 cm³/mol. The molecule has 0 radical (unpaired) electrons. The first kappa shape index (κ1) is 23.2. The minimum atomic E-state index is -1.48. The Bertz CT molecular complexity index is 948. The SMILES string of the molecule is CC(C(=O)C1NCCc2cc(B(O)O)ccc21)C1CCCC(c2cccc(CN)c2)CC1. The molecule has 5 N–H and O–H groups in total. The second-order valence-electron chi connectivity index (χ2n) is 9.57. The molecule has 0 aromatic heterocycles. The topological polar surface area (TPSA) is 95.6 Å². The van der Waals surface area contributed by atoms with Gasteiger partial charge in [-0.25, -0.2) is 0 Å². The summed E-state index contributed by atoms with van der Waals surface area (Å²) in [5.74, 6) is 1.20. The Balaban J connectivity index is 1.44. The van der Waals surface area contributed by atoms with Crippen molar-refractivity contribution >= 4 is 18.4 Å². The summed E-state index contributed by atoms with van der Waals surface area (Å²) in [5, 5.41) is 22.4. The van der Waals surface area contributed by atoms with E-state index >= 15 is 0 Å². The highest BCUT2D eigenvalue weighted by molar-refractivity contribution is 6.58. The Kier molecular flexibility index (Phi) is 7.46. The molecule has 0 amide bonds. The van der Waals surface area contributed by atoms with Gasteiger partial charge >= 0.3 is 7.12 Å². The van der Waals surface area contributed by atoms with Gasteiger partial charge < -0.3 is 21.1 Å². The number of fused-ring (bicyclic) bond motifs is 1. The van der Waals surface area contributed by atoms with E-state index in [2.05, 4.69) is 36.5 Å². The molecule has 0 spiro atoms. The summed E-state index contributed by atoms with van der Waals surface area (Å²) in [6.07, 6.45) is 6.38. The van der Waals surface area contributed by atoms with Crippen molar-refractivity contribution in [2.24, 2.45) is 17.6 Å². The van der Waals surface area contributed by atoms with Crippen LogP contribution in [0, 0.1) is 11.8 Å². The zero-order chi connectivity index (χ0) is 22.7. The van der Waals surface area contributed by atoms with Crippen molar-refractivity contribution in [3.05, 3.63) is 64.7 Å². The molecule has 1 aliphatic heterocycles. The number of nitrogens with two attached hydrogens (primary N) is 1. The van der Waals surface area contributed by atoms with Gasteiger partial charge in [0.15, 0.2) is 5.78 Å². The Morgan fingerprint density at radius 2 is 2.00 bits per heavy atom. The third-order valence-corrected chi connectivity index (χ3v) is 7.63. The number of benzene rings is 2. The molecule has 1 aliphatic carbocycles. The Hall–Kier alpha value is -1.99. The molecule has 4 atom stereocenters. The highest BCUT2D eigenvalue weighted by atomic mass is 16.4. The van der Waals surface area contributed by atoms with Crippen LogP contribution < -0.4 is 16.5 Å². The van der Waals surface area contributed by atoms with Gasteiger partial charge in [-0.3, -0.25) is 4.79 Å². The van der Waals surface area contributed by atoms with Crippen LogP contribution in [-0.4, -0.2) is 29.5 Å². The van der Waals surface area contributed by atoms with Crippen LogP contribution in [0.2, 0.25) is 0 Å². The smallest absolute Gasteiger partial charge is 0.423 e. The van der Waals surface area contributed by atoms with Crippen LogP contribution in [0.15, 0.2) is 42.5 Å². The van der Waals surface area contributed by atoms with Crippen LogP contribution in [-0.2, 0) is 17.8 Å². The number of hydrogen-bond donors (Lipinski definition) is 4. The van der Waals surface area contributed by atoms with E-state index < -0.39 is 7.12 Å². The average Bonchev–Trinajstić information content (AvgIpc) is 3.08. The fraction of sp³-hybridized carbons (Fsp3) is 0.500. The second kappa shape index (κ2) is 10.3. The van der Waals surface area contributed by atoms with E-state index in [-0.39, 0.29) is 17.7 Å². The number of Topliss-reactive ketones (excluding diaryl/α,β-unsaturated/α-hetero) is 1. The van der Waals surface area contributed by atoms with Crippen LogP contribution in [0.5, 0.6) is 0 Å². The third-order valence-electron chi connectivity index (χ3n) is 7.63. The Morgan fingerprint density at radius 1 is 1.16 bits per heavy atom. The average molecular weight is 434 g/mol. The summed E-state index contributed by atoms with van der Waals surface area (Å²) in [4.78, 5) is 13.6. The number of nitrogens with one attached hydrogen (secondary N) is 1. The van der Waals surface area contributed by atoms with Crippen LogP contribution in [0.4, 0.5) is 0 Å². The highest BCUT2D eigenvalue weighted by Crippen LogP contribution is 2.39. The summed E-state index contributed by atoms with van der Waals surface area (Å²) in [6, 6.07) is 13.8. The molecule has 1 fully saturated rings. The summed E-state index contributed by atoms with van der Waals surface area (Å²) >= 11 is 0. The zero-order valence-electron chi connectivity index (χ0n) is 19.0. The second-order valence-corrected chi connectivity index (χ2v) is 9.57. The van der Waals surface area contributed by atoms with Crippen molar-refractivity contribution in [3.8, 4) is 0 Å². The summed E-state index contributed by atoms with van der Waals surface area (Å²) in [5.41, 5.74) is 10.9. The summed E-state index contributed by atoms with van der Waals surface area (Å²) in [7, 11) is -1.48. The van der Waals surface area contributed by atoms with Crippen molar-refractivity contribution in [2.45, 2.75) is 64.0 Å². The first-order valence-corrected chi connectivity index (χ1v) is 12.0. The predicted octanol–water partition coefficient (Wildman–Crippen LogP) is 2.58. The monoisotopic (exact) mass is 434 g/mol. The molecule has 6 heteroatoms. The molecular formula is C26H35BN2O3. The molecule has 1 saturated carbocycles. The van der Waals surface area contributed by atoms with E-state index in [1.807, 2.05) is 12.1 Å². The van der Waals surface area contributed by atoms with Gasteiger partial charge in [0.1, 0.15) is 0 Å². The molecule has 0 saturated heterocycles. The van der Waals surface area contributed by atoms with Gasteiger partial charge in [-0.2, -0.15) is 0 Å². The number of carbonyl (C=O) groups is 1. The van der Waals surface area contributed by atoms with Gasteiger partial charge in [-0.15, -0.1) is 0 Å². The zero-order valence-corrected chi connectivity index (χ0v) is 19.0. The largest absolute Gasteiger partial charge is 0.488 e. The molecule has 4 unspecified atom stereocenters. The molecule has 2 aliphatic rings. The molecule has 5 nitrogen and oxygen atoms in total. The van der Waals surface area contributed by atoms with Gasteiger partial charge in [0.2, 0.25) is 0 Å². The quantitative estimate of drug-likeness (QED) is 0.414. The number of ketones is 1. The molecule has 2 aromatic rings. The minimum Gasteiger partial charge on any atom is -0.423 e. The van der Waals surface area contributed by atoms with E-state index in [0.29, 0.717) is 23.8 Å². The molecule has 4 rings (SSSR count). The summed E-state index contributed by atoms with van der Waals surface area (Å²) < 4.78 is 0. The first-order valence-electron chi connectivity index (χ1n) is 12.0. The number of rotatable bonds is 6. The van der Waals surface area contributed by atoms with Gasteiger partial charge in [0, 0.05) is 19.0 Å². The van der Waals surface area contributed by atoms with Gasteiger partial charge in [-0.1, -0.05) is 55.8 Å². The number of hydrogen-bond acceptors (Lipinski definition) is 5. The lowest BCUT2D eigenvalue weighted by atomic mass is 9.75. The summed E-state index contributed by atoms with van der Waals surface area (Å²) in [6.45, 7) is 3.40. The lowest BCUT2D eigenvalue weighted by molar-refractivity contribution is -0.126. The maximum absolute atomic E-state index is 13.6. The fourth-order valence-corrected chi connectivity index (χ4v) is 5.63. The van der Waals surface area contributed by atoms with Crippen LogP contribution in [0.1, 0.15) is 73.2 Å². The van der Waals surface area contributed by atoms with E-state index in [1.54, 1.807) is 6.07 Å². The van der Waals surface area contributed by atoms with Gasteiger partial charge in [0.05, 0.1) is 6.04 Å². The van der Waals surface area contributed by atoms with E-state index in [4.69, 9.17) is 5.73 Å². The van der Waals surface area contributed by atoms with Crippen LogP contribution in [0.3, 0.4) is 0 Å². The highest BCUT2D eigenvalue weighted by Gasteiger charge is 2.34. The Labute approximate surface area is 191 Å². The molecule has 0 bridgehead atoms. The van der Waals surface area contributed by atoms with Crippen molar-refractivity contribution in [2.75, 3.05) is 6.54 Å². The lowest BCUT2D eigenvalue weighted by Gasteiger charge is -2.31.